The monoisotopic (exact) mass is 661 g/mol. The summed E-state index contributed by atoms with van der Waals surface area (Å²) in [4.78, 5) is 20.6. The van der Waals surface area contributed by atoms with Crippen LogP contribution < -0.4 is 0 Å². The van der Waals surface area contributed by atoms with Gasteiger partial charge in [0, 0.05) is 12.5 Å². The van der Waals surface area contributed by atoms with Crippen molar-refractivity contribution in [2.45, 2.75) is 142 Å². The van der Waals surface area contributed by atoms with Crippen LogP contribution in [0.4, 0.5) is 0 Å². The molecule has 0 unspecified atom stereocenters. The number of carboxylic acids is 2. The van der Waals surface area contributed by atoms with Gasteiger partial charge in [0.2, 0.25) is 0 Å². The van der Waals surface area contributed by atoms with E-state index in [2.05, 4.69) is 86.8 Å². The van der Waals surface area contributed by atoms with E-state index in [0.717, 1.165) is 70.3 Å². The molecule has 0 aromatic heterocycles. The second-order valence-corrected chi connectivity index (χ2v) is 11.6. The Morgan fingerprint density at radius 1 is 0.417 bits per heavy atom. The van der Waals surface area contributed by atoms with Crippen molar-refractivity contribution in [2.75, 3.05) is 0 Å². The second-order valence-electron chi connectivity index (χ2n) is 11.6. The molecule has 48 heavy (non-hydrogen) atoms. The minimum absolute atomic E-state index is 0.297. The molecule has 0 atom stereocenters. The number of rotatable bonds is 30. The van der Waals surface area contributed by atoms with Crippen molar-refractivity contribution < 1.29 is 19.8 Å². The third-order valence-corrected chi connectivity index (χ3v) is 7.05. The maximum Gasteiger partial charge on any atom is 0.328 e. The lowest BCUT2D eigenvalue weighted by atomic mass is 10.1. The van der Waals surface area contributed by atoms with Crippen LogP contribution in [0.1, 0.15) is 142 Å². The zero-order valence-electron chi connectivity index (χ0n) is 30.4. The summed E-state index contributed by atoms with van der Waals surface area (Å²) >= 11 is 0. The van der Waals surface area contributed by atoms with Crippen LogP contribution in [0.15, 0.2) is 122 Å². The van der Waals surface area contributed by atoms with Crippen LogP contribution in [0.3, 0.4) is 0 Å². The molecule has 0 aliphatic carbocycles. The number of hydrogen-bond acceptors (Lipinski definition) is 2. The van der Waals surface area contributed by atoms with Gasteiger partial charge in [-0.25, -0.2) is 4.79 Å². The van der Waals surface area contributed by atoms with Crippen LogP contribution in [-0.2, 0) is 9.59 Å². The molecule has 0 heterocycles. The molecule has 0 radical (unpaired) electrons. The fourth-order valence-electron chi connectivity index (χ4n) is 4.35. The smallest absolute Gasteiger partial charge is 0.328 e. The molecule has 0 amide bonds. The zero-order valence-corrected chi connectivity index (χ0v) is 30.4. The van der Waals surface area contributed by atoms with Gasteiger partial charge in [-0.15, -0.1) is 0 Å². The molecule has 0 saturated heterocycles. The highest BCUT2D eigenvalue weighted by Crippen LogP contribution is 2.10. The van der Waals surface area contributed by atoms with Gasteiger partial charge >= 0.3 is 11.9 Å². The van der Waals surface area contributed by atoms with Crippen molar-refractivity contribution >= 4 is 11.9 Å². The molecule has 0 bridgehead atoms. The fraction of sp³-hybridized carbons (Fsp3) is 0.500. The first-order valence-corrected chi connectivity index (χ1v) is 18.6. The molecule has 0 aliphatic heterocycles. The molecule has 0 rings (SSSR count). The van der Waals surface area contributed by atoms with Crippen molar-refractivity contribution in [2.24, 2.45) is 0 Å². The maximum atomic E-state index is 10.3. The van der Waals surface area contributed by atoms with E-state index in [1.165, 1.54) is 63.9 Å². The molecule has 4 nitrogen and oxygen atoms in total. The summed E-state index contributed by atoms with van der Waals surface area (Å²) in [6, 6.07) is 0. The highest BCUT2D eigenvalue weighted by molar-refractivity contribution is 5.80. The topological polar surface area (TPSA) is 74.6 Å². The Labute approximate surface area is 294 Å². The molecule has 4 heteroatoms. The zero-order chi connectivity index (χ0) is 35.4. The lowest BCUT2D eigenvalue weighted by molar-refractivity contribution is -0.137. The van der Waals surface area contributed by atoms with Gasteiger partial charge in [0.25, 0.3) is 0 Å². The number of unbranched alkanes of at least 4 members (excludes halogenated alkanes) is 12. The molecule has 0 aromatic rings. The van der Waals surface area contributed by atoms with Crippen molar-refractivity contribution in [3.8, 4) is 0 Å². The average molecular weight is 661 g/mol. The fourth-order valence-corrected chi connectivity index (χ4v) is 4.35. The molecule has 2 N–H and O–H groups in total. The van der Waals surface area contributed by atoms with Gasteiger partial charge in [-0.05, 0) is 64.2 Å². The van der Waals surface area contributed by atoms with Crippen LogP contribution in [0.2, 0.25) is 0 Å². The minimum Gasteiger partial charge on any atom is -0.481 e. The Kier molecular flexibility index (Phi) is 41.9. The average Bonchev–Trinajstić information content (AvgIpc) is 3.07. The van der Waals surface area contributed by atoms with Gasteiger partial charge in [0.1, 0.15) is 0 Å². The van der Waals surface area contributed by atoms with E-state index >= 15 is 0 Å². The van der Waals surface area contributed by atoms with E-state index in [4.69, 9.17) is 10.2 Å². The van der Waals surface area contributed by atoms with Gasteiger partial charge in [-0.1, -0.05) is 187 Å². The lowest BCUT2D eigenvalue weighted by Gasteiger charge is -2.00. The second kappa shape index (κ2) is 43.3. The SMILES string of the molecule is CCC=CCC=CCC=CCC=CCC=CCCCCCC(=O)O.CCCCCCCCCCCC=CC=CC=CC=CC=CC(=O)O. The van der Waals surface area contributed by atoms with E-state index < -0.39 is 11.9 Å². The lowest BCUT2D eigenvalue weighted by Crippen LogP contribution is -1.93. The van der Waals surface area contributed by atoms with Gasteiger partial charge in [0.15, 0.2) is 0 Å². The van der Waals surface area contributed by atoms with E-state index in [1.807, 2.05) is 24.3 Å². The first-order valence-electron chi connectivity index (χ1n) is 18.6. The predicted octanol–water partition coefficient (Wildman–Crippen LogP) is 13.5. The Morgan fingerprint density at radius 3 is 1.29 bits per heavy atom. The predicted molar refractivity (Wildman–Crippen MR) is 210 cm³/mol. The van der Waals surface area contributed by atoms with Crippen molar-refractivity contribution in [1.29, 1.82) is 0 Å². The van der Waals surface area contributed by atoms with Gasteiger partial charge < -0.3 is 10.2 Å². The number of aliphatic carboxylic acids is 2. The number of allylic oxidation sites excluding steroid dienone is 19. The van der Waals surface area contributed by atoms with Crippen LogP contribution in [0.5, 0.6) is 0 Å². The van der Waals surface area contributed by atoms with Gasteiger partial charge in [-0.3, -0.25) is 4.79 Å². The quantitative estimate of drug-likeness (QED) is 0.0348. The number of carboxylic acid groups (broad SMARTS) is 2. The molecule has 0 aromatic carbocycles. The first kappa shape index (κ1) is 46.5. The number of carbonyl (C=O) groups is 2. The van der Waals surface area contributed by atoms with Crippen LogP contribution in [0.25, 0.3) is 0 Å². The molecule has 0 fully saturated rings. The highest BCUT2D eigenvalue weighted by atomic mass is 16.4. The highest BCUT2D eigenvalue weighted by Gasteiger charge is 1.95. The summed E-state index contributed by atoms with van der Waals surface area (Å²) < 4.78 is 0. The molecule has 268 valence electrons. The van der Waals surface area contributed by atoms with Gasteiger partial charge in [0.05, 0.1) is 0 Å². The van der Waals surface area contributed by atoms with Crippen molar-refractivity contribution in [3.05, 3.63) is 122 Å². The van der Waals surface area contributed by atoms with Gasteiger partial charge in [-0.2, -0.15) is 0 Å². The Hall–Kier alpha value is -3.66. The van der Waals surface area contributed by atoms with Crippen LogP contribution >= 0.6 is 0 Å². The van der Waals surface area contributed by atoms with Crippen molar-refractivity contribution in [1.82, 2.24) is 0 Å². The number of hydrogen-bond donors (Lipinski definition) is 2. The van der Waals surface area contributed by atoms with E-state index in [9.17, 15) is 9.59 Å². The van der Waals surface area contributed by atoms with E-state index in [0.29, 0.717) is 6.42 Å². The standard InChI is InChI=1S/2C22H34O2/c2*1-2-3-4-5-6-7-8-9-10-11-12-13-14-15-16-17-18-19-20-21-22(23)24/h12-21H,2-11H2,1H3,(H,23,24);3-4,6-7,9-10,12-13,15-16H,2,5,8,11,14,17-21H2,1H3,(H,23,24). The van der Waals surface area contributed by atoms with Crippen molar-refractivity contribution in [3.63, 3.8) is 0 Å². The third kappa shape index (κ3) is 49.2. The summed E-state index contributed by atoms with van der Waals surface area (Å²) in [6.07, 6.45) is 63.0. The third-order valence-electron chi connectivity index (χ3n) is 7.05. The van der Waals surface area contributed by atoms with E-state index in [-0.39, 0.29) is 0 Å². The summed E-state index contributed by atoms with van der Waals surface area (Å²) in [5.41, 5.74) is 0. The Bertz CT molecular complexity index is 1010. The molecular formula is C44H68O4. The molecular weight excluding hydrogens is 592 g/mol. The van der Waals surface area contributed by atoms with Crippen LogP contribution in [-0.4, -0.2) is 22.2 Å². The minimum atomic E-state index is -0.930. The summed E-state index contributed by atoms with van der Waals surface area (Å²) in [7, 11) is 0. The Morgan fingerprint density at radius 2 is 0.812 bits per heavy atom. The van der Waals surface area contributed by atoms with Crippen LogP contribution in [0, 0.1) is 0 Å². The summed E-state index contributed by atoms with van der Waals surface area (Å²) in [6.45, 7) is 4.41. The molecule has 0 aliphatic rings. The summed E-state index contributed by atoms with van der Waals surface area (Å²) in [5, 5.41) is 16.9. The van der Waals surface area contributed by atoms with E-state index in [1.54, 1.807) is 12.2 Å². The molecule has 0 saturated carbocycles. The largest absolute Gasteiger partial charge is 0.481 e. The normalized spacial score (nSPS) is 12.7. The summed E-state index contributed by atoms with van der Waals surface area (Å²) in [5.74, 6) is -1.62. The molecule has 0 spiro atoms. The maximum absolute atomic E-state index is 10.3. The first-order chi connectivity index (χ1) is 23.5. The Balaban J connectivity index is 0.